The molecule has 2 aromatic rings. The van der Waals surface area contributed by atoms with Crippen LogP contribution in [0.2, 0.25) is 5.02 Å². The Labute approximate surface area is 139 Å². The number of hydrogen-bond acceptors (Lipinski definition) is 4. The quantitative estimate of drug-likeness (QED) is 0.848. The molecule has 23 heavy (non-hydrogen) atoms. The molecule has 2 rings (SSSR count). The predicted octanol–water partition coefficient (Wildman–Crippen LogP) is 3.66. The van der Waals surface area contributed by atoms with Crippen molar-refractivity contribution in [1.82, 2.24) is 0 Å². The van der Waals surface area contributed by atoms with E-state index in [1.165, 1.54) is 0 Å². The number of halogens is 1. The highest BCUT2D eigenvalue weighted by Gasteiger charge is 2.05. The SMILES string of the molecule is CCOc1ccc(NCC(=O)Nc2ccc(C#N)c(Cl)c2)cc1. The lowest BCUT2D eigenvalue weighted by atomic mass is 10.2. The molecule has 1 amide bonds. The van der Waals surface area contributed by atoms with Gasteiger partial charge in [-0.2, -0.15) is 5.26 Å². The molecule has 118 valence electrons. The van der Waals surface area contributed by atoms with Crippen molar-refractivity contribution < 1.29 is 9.53 Å². The summed E-state index contributed by atoms with van der Waals surface area (Å²) in [7, 11) is 0. The number of ether oxygens (including phenoxy) is 1. The second-order valence-corrected chi connectivity index (χ2v) is 5.07. The number of nitriles is 1. The molecule has 0 aliphatic carbocycles. The molecular formula is C17H16ClN3O2. The monoisotopic (exact) mass is 329 g/mol. The second kappa shape index (κ2) is 8.06. The zero-order chi connectivity index (χ0) is 16.7. The zero-order valence-corrected chi connectivity index (χ0v) is 13.4. The molecule has 0 spiro atoms. The van der Waals surface area contributed by atoms with Gasteiger partial charge in [-0.05, 0) is 49.4 Å². The Morgan fingerprint density at radius 1 is 1.22 bits per heavy atom. The molecule has 5 nitrogen and oxygen atoms in total. The van der Waals surface area contributed by atoms with Crippen molar-refractivity contribution in [1.29, 1.82) is 5.26 Å². The summed E-state index contributed by atoms with van der Waals surface area (Å²) in [5, 5.41) is 14.9. The molecule has 0 aliphatic heterocycles. The van der Waals surface area contributed by atoms with Gasteiger partial charge in [-0.25, -0.2) is 0 Å². The average Bonchev–Trinajstić information content (AvgIpc) is 2.55. The van der Waals surface area contributed by atoms with Crippen molar-refractivity contribution >= 4 is 28.9 Å². The smallest absolute Gasteiger partial charge is 0.243 e. The molecule has 0 fully saturated rings. The van der Waals surface area contributed by atoms with Crippen molar-refractivity contribution in [2.24, 2.45) is 0 Å². The summed E-state index contributed by atoms with van der Waals surface area (Å²) >= 11 is 5.93. The summed E-state index contributed by atoms with van der Waals surface area (Å²) in [5.74, 6) is 0.578. The van der Waals surface area contributed by atoms with E-state index < -0.39 is 0 Å². The van der Waals surface area contributed by atoms with Gasteiger partial charge in [0.05, 0.1) is 23.7 Å². The predicted molar refractivity (Wildman–Crippen MR) is 90.9 cm³/mol. The lowest BCUT2D eigenvalue weighted by molar-refractivity contribution is -0.114. The van der Waals surface area contributed by atoms with E-state index in [1.54, 1.807) is 18.2 Å². The van der Waals surface area contributed by atoms with Crippen molar-refractivity contribution in [2.45, 2.75) is 6.92 Å². The summed E-state index contributed by atoms with van der Waals surface area (Å²) in [5.41, 5.74) is 1.74. The van der Waals surface area contributed by atoms with Crippen molar-refractivity contribution in [3.63, 3.8) is 0 Å². The molecule has 2 aromatic carbocycles. The molecule has 0 saturated carbocycles. The number of carbonyl (C=O) groups excluding carboxylic acids is 1. The Morgan fingerprint density at radius 3 is 2.52 bits per heavy atom. The van der Waals surface area contributed by atoms with E-state index in [1.807, 2.05) is 37.3 Å². The van der Waals surface area contributed by atoms with Crippen LogP contribution in [0.5, 0.6) is 5.75 Å². The van der Waals surface area contributed by atoms with Gasteiger partial charge in [0.15, 0.2) is 0 Å². The van der Waals surface area contributed by atoms with E-state index in [-0.39, 0.29) is 12.5 Å². The Bertz CT molecular complexity index is 724. The van der Waals surface area contributed by atoms with Gasteiger partial charge in [0.25, 0.3) is 0 Å². The fourth-order valence-electron chi connectivity index (χ4n) is 1.91. The first-order valence-electron chi connectivity index (χ1n) is 7.08. The number of hydrogen-bond donors (Lipinski definition) is 2. The summed E-state index contributed by atoms with van der Waals surface area (Å²) in [6.07, 6.45) is 0. The first kappa shape index (κ1) is 16.7. The Morgan fingerprint density at radius 2 is 1.91 bits per heavy atom. The summed E-state index contributed by atoms with van der Waals surface area (Å²) in [6, 6.07) is 14.1. The number of amides is 1. The van der Waals surface area contributed by atoms with Gasteiger partial charge in [0.1, 0.15) is 11.8 Å². The van der Waals surface area contributed by atoms with Crippen molar-refractivity contribution in [3.05, 3.63) is 53.1 Å². The van der Waals surface area contributed by atoms with E-state index in [0.717, 1.165) is 11.4 Å². The van der Waals surface area contributed by atoms with Crippen LogP contribution >= 0.6 is 11.6 Å². The molecule has 0 aliphatic rings. The lowest BCUT2D eigenvalue weighted by Crippen LogP contribution is -2.21. The Kier molecular flexibility index (Phi) is 5.84. The van der Waals surface area contributed by atoms with Gasteiger partial charge in [0, 0.05) is 11.4 Å². The second-order valence-electron chi connectivity index (χ2n) is 4.67. The minimum absolute atomic E-state index is 0.117. The van der Waals surface area contributed by atoms with Gasteiger partial charge < -0.3 is 15.4 Å². The third-order valence-corrected chi connectivity index (χ3v) is 3.30. The standard InChI is InChI=1S/C17H16ClN3O2/c1-2-23-15-7-5-13(6-8-15)20-11-17(22)21-14-4-3-12(10-19)16(18)9-14/h3-9,20H,2,11H2,1H3,(H,21,22). The summed E-state index contributed by atoms with van der Waals surface area (Å²) < 4.78 is 5.35. The van der Waals surface area contributed by atoms with E-state index in [9.17, 15) is 4.79 Å². The van der Waals surface area contributed by atoms with E-state index in [0.29, 0.717) is 22.9 Å². The van der Waals surface area contributed by atoms with Gasteiger partial charge in [-0.15, -0.1) is 0 Å². The van der Waals surface area contributed by atoms with Crippen LogP contribution in [-0.4, -0.2) is 19.1 Å². The number of rotatable bonds is 6. The van der Waals surface area contributed by atoms with Gasteiger partial charge in [0.2, 0.25) is 5.91 Å². The Balaban J connectivity index is 1.87. The molecule has 0 saturated heterocycles. The van der Waals surface area contributed by atoms with Crippen LogP contribution in [0.15, 0.2) is 42.5 Å². The van der Waals surface area contributed by atoms with Crippen molar-refractivity contribution in [3.8, 4) is 11.8 Å². The Hall–Kier alpha value is -2.71. The highest BCUT2D eigenvalue weighted by molar-refractivity contribution is 6.32. The highest BCUT2D eigenvalue weighted by Crippen LogP contribution is 2.20. The number of nitrogens with one attached hydrogen (secondary N) is 2. The first-order valence-corrected chi connectivity index (χ1v) is 7.46. The highest BCUT2D eigenvalue weighted by atomic mass is 35.5. The number of benzene rings is 2. The third kappa shape index (κ3) is 4.90. The molecule has 0 radical (unpaired) electrons. The van der Waals surface area contributed by atoms with Crippen LogP contribution in [0.1, 0.15) is 12.5 Å². The summed E-state index contributed by atoms with van der Waals surface area (Å²) in [6.45, 7) is 2.65. The largest absolute Gasteiger partial charge is 0.494 e. The van der Waals surface area contributed by atoms with E-state index in [4.69, 9.17) is 21.6 Å². The van der Waals surface area contributed by atoms with Crippen LogP contribution in [0.25, 0.3) is 0 Å². The lowest BCUT2D eigenvalue weighted by Gasteiger charge is -2.09. The molecule has 6 heteroatoms. The zero-order valence-electron chi connectivity index (χ0n) is 12.6. The molecule has 0 aromatic heterocycles. The number of nitrogens with zero attached hydrogens (tertiary/aromatic N) is 1. The van der Waals surface area contributed by atoms with Crippen LogP contribution in [0.3, 0.4) is 0 Å². The van der Waals surface area contributed by atoms with Crippen LogP contribution in [-0.2, 0) is 4.79 Å². The number of anilines is 2. The molecule has 2 N–H and O–H groups in total. The average molecular weight is 330 g/mol. The van der Waals surface area contributed by atoms with E-state index in [2.05, 4.69) is 10.6 Å². The third-order valence-electron chi connectivity index (χ3n) is 2.99. The van der Waals surface area contributed by atoms with Gasteiger partial charge in [-0.3, -0.25) is 4.79 Å². The topological polar surface area (TPSA) is 74.2 Å². The number of carbonyl (C=O) groups is 1. The normalized spacial score (nSPS) is 9.78. The van der Waals surface area contributed by atoms with Gasteiger partial charge in [-0.1, -0.05) is 11.6 Å². The molecule has 0 atom stereocenters. The van der Waals surface area contributed by atoms with Gasteiger partial charge >= 0.3 is 0 Å². The van der Waals surface area contributed by atoms with Crippen LogP contribution < -0.4 is 15.4 Å². The molecule has 0 bridgehead atoms. The molecular weight excluding hydrogens is 314 g/mol. The van der Waals surface area contributed by atoms with Crippen molar-refractivity contribution in [2.75, 3.05) is 23.8 Å². The van der Waals surface area contributed by atoms with Crippen LogP contribution in [0, 0.1) is 11.3 Å². The first-order chi connectivity index (χ1) is 11.1. The molecule has 0 heterocycles. The van der Waals surface area contributed by atoms with Crippen LogP contribution in [0.4, 0.5) is 11.4 Å². The fourth-order valence-corrected chi connectivity index (χ4v) is 2.13. The van der Waals surface area contributed by atoms with E-state index >= 15 is 0 Å². The fraction of sp³-hybridized carbons (Fsp3) is 0.176. The maximum absolute atomic E-state index is 11.9. The maximum atomic E-state index is 11.9. The summed E-state index contributed by atoms with van der Waals surface area (Å²) in [4.78, 5) is 11.9. The maximum Gasteiger partial charge on any atom is 0.243 e. The minimum Gasteiger partial charge on any atom is -0.494 e. The minimum atomic E-state index is -0.209. The molecule has 0 unspecified atom stereocenters.